The van der Waals surface area contributed by atoms with Gasteiger partial charge in [0.25, 0.3) is 0 Å². The molecule has 2 bridgehead atoms. The van der Waals surface area contributed by atoms with E-state index in [1.807, 2.05) is 0 Å². The molecule has 2 rings (SSSR count). The third kappa shape index (κ3) is 0.761. The maximum Gasteiger partial charge on any atom is 0.245 e. The Hall–Kier alpha value is -1.06. The molecule has 0 radical (unpaired) electrons. The number of rotatable bonds is 0. The molecular formula is C6H8N2O2. The van der Waals surface area contributed by atoms with E-state index in [1.54, 1.807) is 0 Å². The van der Waals surface area contributed by atoms with Gasteiger partial charge < -0.3 is 10.1 Å². The molecule has 2 heterocycles. The number of ether oxygens (including phenoxy) is 1. The Balaban J connectivity index is 2.19. The van der Waals surface area contributed by atoms with E-state index in [1.165, 1.54) is 6.40 Å². The van der Waals surface area contributed by atoms with Crippen LogP contribution in [0, 0.1) is 0 Å². The summed E-state index contributed by atoms with van der Waals surface area (Å²) in [6.07, 6.45) is 2.28. The SMILES string of the molecule is O=C1NCC2CC1N=CO2. The fraction of sp³-hybridized carbons (Fsp3) is 0.667. The van der Waals surface area contributed by atoms with Gasteiger partial charge in [0.05, 0.1) is 6.54 Å². The lowest BCUT2D eigenvalue weighted by atomic mass is 10.0. The highest BCUT2D eigenvalue weighted by atomic mass is 16.5. The number of hydrogen-bond acceptors (Lipinski definition) is 3. The molecule has 2 aliphatic heterocycles. The van der Waals surface area contributed by atoms with Crippen LogP contribution >= 0.6 is 0 Å². The van der Waals surface area contributed by atoms with E-state index < -0.39 is 0 Å². The van der Waals surface area contributed by atoms with Crippen molar-refractivity contribution in [3.63, 3.8) is 0 Å². The molecule has 1 N–H and O–H groups in total. The molecule has 0 aromatic rings. The summed E-state index contributed by atoms with van der Waals surface area (Å²) in [6.45, 7) is 0.626. The van der Waals surface area contributed by atoms with Crippen molar-refractivity contribution < 1.29 is 9.53 Å². The highest BCUT2D eigenvalue weighted by Gasteiger charge is 2.30. The van der Waals surface area contributed by atoms with E-state index in [0.717, 1.165) is 6.42 Å². The average molecular weight is 140 g/mol. The summed E-state index contributed by atoms with van der Waals surface area (Å²) in [4.78, 5) is 14.8. The van der Waals surface area contributed by atoms with Crippen LogP contribution in [0.1, 0.15) is 6.42 Å². The summed E-state index contributed by atoms with van der Waals surface area (Å²) in [5, 5.41) is 2.71. The first-order valence-electron chi connectivity index (χ1n) is 3.31. The number of carbonyl (C=O) groups excluding carboxylic acids is 1. The quantitative estimate of drug-likeness (QED) is 0.483. The normalized spacial score (nSPS) is 36.6. The molecule has 2 unspecified atom stereocenters. The van der Waals surface area contributed by atoms with Gasteiger partial charge in [0.15, 0.2) is 6.40 Å². The van der Waals surface area contributed by atoms with Crippen molar-refractivity contribution in [2.24, 2.45) is 4.99 Å². The number of hydrogen-bond donors (Lipinski definition) is 1. The van der Waals surface area contributed by atoms with Crippen LogP contribution in [0.3, 0.4) is 0 Å². The van der Waals surface area contributed by atoms with Crippen molar-refractivity contribution >= 4 is 12.3 Å². The van der Waals surface area contributed by atoms with Crippen LogP contribution in [0.2, 0.25) is 0 Å². The molecule has 1 saturated heterocycles. The Kier molecular flexibility index (Phi) is 1.12. The van der Waals surface area contributed by atoms with Crippen LogP contribution in [0.4, 0.5) is 0 Å². The van der Waals surface area contributed by atoms with E-state index in [2.05, 4.69) is 10.3 Å². The van der Waals surface area contributed by atoms with Crippen molar-refractivity contribution in [3.05, 3.63) is 0 Å². The lowest BCUT2D eigenvalue weighted by molar-refractivity contribution is -0.125. The molecule has 2 atom stereocenters. The second-order valence-corrected chi connectivity index (χ2v) is 2.51. The summed E-state index contributed by atoms with van der Waals surface area (Å²) >= 11 is 0. The van der Waals surface area contributed by atoms with Gasteiger partial charge in [-0.05, 0) is 0 Å². The van der Waals surface area contributed by atoms with Crippen molar-refractivity contribution in [1.29, 1.82) is 0 Å². The summed E-state index contributed by atoms with van der Waals surface area (Å²) in [7, 11) is 0. The zero-order valence-electron chi connectivity index (χ0n) is 5.41. The lowest BCUT2D eigenvalue weighted by Crippen LogP contribution is -2.49. The zero-order chi connectivity index (χ0) is 6.97. The zero-order valence-corrected chi connectivity index (χ0v) is 5.41. The third-order valence-electron chi connectivity index (χ3n) is 1.79. The molecule has 4 heteroatoms. The highest BCUT2D eigenvalue weighted by molar-refractivity contribution is 5.84. The molecule has 0 aliphatic carbocycles. The van der Waals surface area contributed by atoms with Crippen LogP contribution in [-0.4, -0.2) is 31.0 Å². The monoisotopic (exact) mass is 140 g/mol. The van der Waals surface area contributed by atoms with Gasteiger partial charge >= 0.3 is 0 Å². The van der Waals surface area contributed by atoms with Crippen molar-refractivity contribution in [2.45, 2.75) is 18.6 Å². The molecule has 4 nitrogen and oxygen atoms in total. The Labute approximate surface area is 58.3 Å². The van der Waals surface area contributed by atoms with Crippen molar-refractivity contribution in [1.82, 2.24) is 5.32 Å². The van der Waals surface area contributed by atoms with E-state index >= 15 is 0 Å². The van der Waals surface area contributed by atoms with E-state index in [4.69, 9.17) is 4.74 Å². The Morgan fingerprint density at radius 3 is 3.50 bits per heavy atom. The average Bonchev–Trinajstić information content (AvgIpc) is 1.99. The molecule has 1 fully saturated rings. The number of carbonyl (C=O) groups is 1. The first-order valence-corrected chi connectivity index (χ1v) is 3.31. The summed E-state index contributed by atoms with van der Waals surface area (Å²) in [5.74, 6) is 0.0239. The van der Waals surface area contributed by atoms with Gasteiger partial charge in [-0.3, -0.25) is 4.79 Å². The Morgan fingerprint density at radius 2 is 2.70 bits per heavy atom. The number of amides is 1. The van der Waals surface area contributed by atoms with Gasteiger partial charge in [0, 0.05) is 6.42 Å². The predicted molar refractivity (Wildman–Crippen MR) is 34.8 cm³/mol. The Bertz CT molecular complexity index is 190. The third-order valence-corrected chi connectivity index (χ3v) is 1.79. The minimum Gasteiger partial charge on any atom is -0.478 e. The molecule has 54 valence electrons. The number of nitrogens with one attached hydrogen (secondary N) is 1. The van der Waals surface area contributed by atoms with Crippen LogP contribution in [-0.2, 0) is 9.53 Å². The summed E-state index contributed by atoms with van der Waals surface area (Å²) < 4.78 is 5.09. The van der Waals surface area contributed by atoms with Gasteiger partial charge in [0.2, 0.25) is 5.91 Å². The standard InChI is InChI=1S/C6H8N2O2/c9-6-5-1-4(2-7-6)10-3-8-5/h3-5H,1-2H2,(H,7,9). The van der Waals surface area contributed by atoms with Crippen LogP contribution in [0.5, 0.6) is 0 Å². The molecule has 0 aromatic carbocycles. The molecular weight excluding hydrogens is 132 g/mol. The van der Waals surface area contributed by atoms with Gasteiger partial charge in [-0.25, -0.2) is 4.99 Å². The number of aliphatic imine (C=N–C) groups is 1. The fourth-order valence-corrected chi connectivity index (χ4v) is 1.20. The topological polar surface area (TPSA) is 50.7 Å². The maximum absolute atomic E-state index is 10.9. The molecule has 1 amide bonds. The Morgan fingerprint density at radius 1 is 1.80 bits per heavy atom. The van der Waals surface area contributed by atoms with Gasteiger partial charge in [-0.2, -0.15) is 0 Å². The van der Waals surface area contributed by atoms with E-state index in [0.29, 0.717) is 6.54 Å². The van der Waals surface area contributed by atoms with E-state index in [9.17, 15) is 4.79 Å². The molecule has 0 spiro atoms. The van der Waals surface area contributed by atoms with Gasteiger partial charge in [-0.1, -0.05) is 0 Å². The second kappa shape index (κ2) is 1.97. The van der Waals surface area contributed by atoms with Crippen LogP contribution in [0.15, 0.2) is 4.99 Å². The number of fused-ring (bicyclic) bond motifs is 2. The van der Waals surface area contributed by atoms with Gasteiger partial charge in [0.1, 0.15) is 12.1 Å². The summed E-state index contributed by atoms with van der Waals surface area (Å²) in [5.41, 5.74) is 0. The minimum atomic E-state index is -0.188. The molecule has 2 aliphatic rings. The number of nitrogens with zero attached hydrogens (tertiary/aromatic N) is 1. The smallest absolute Gasteiger partial charge is 0.245 e. The molecule has 0 saturated carbocycles. The van der Waals surface area contributed by atoms with Gasteiger partial charge in [-0.15, -0.1) is 0 Å². The largest absolute Gasteiger partial charge is 0.478 e. The minimum absolute atomic E-state index is 0.0239. The summed E-state index contributed by atoms with van der Waals surface area (Å²) in [6, 6.07) is -0.188. The first kappa shape index (κ1) is 5.70. The van der Waals surface area contributed by atoms with Crippen LogP contribution < -0.4 is 5.32 Å². The van der Waals surface area contributed by atoms with Crippen molar-refractivity contribution in [2.75, 3.05) is 6.54 Å². The predicted octanol–water partition coefficient (Wildman–Crippen LogP) is -0.698. The molecule has 0 aromatic heterocycles. The maximum atomic E-state index is 10.9. The first-order chi connectivity index (χ1) is 4.86. The molecule has 10 heavy (non-hydrogen) atoms. The highest BCUT2D eigenvalue weighted by Crippen LogP contribution is 2.13. The second-order valence-electron chi connectivity index (χ2n) is 2.51. The lowest BCUT2D eigenvalue weighted by Gasteiger charge is -2.29. The van der Waals surface area contributed by atoms with Crippen molar-refractivity contribution in [3.8, 4) is 0 Å². The van der Waals surface area contributed by atoms with E-state index in [-0.39, 0.29) is 18.1 Å². The van der Waals surface area contributed by atoms with Crippen LogP contribution in [0.25, 0.3) is 0 Å². The fourth-order valence-electron chi connectivity index (χ4n) is 1.20. The number of piperidine rings is 1.